The van der Waals surface area contributed by atoms with Crippen LogP contribution in [0.4, 0.5) is 33.6 Å². The Hall–Kier alpha value is -4.02. The summed E-state index contributed by atoms with van der Waals surface area (Å²) in [6.07, 6.45) is -4.92. The second-order valence-corrected chi connectivity index (χ2v) is 15.4. The number of rotatable bonds is 16. The van der Waals surface area contributed by atoms with Crippen molar-refractivity contribution in [2.45, 2.75) is 57.3 Å². The smallest absolute Gasteiger partial charge is 0.416 e. The standard InChI is InChI=1S/C34H42F5N5O5S/c1-20(2)50(47,48)44(5)32-12-23(11-31(42-32)43(4)18-24-9-21(24)3)33(46)41-29(19-49-28-14-26(35)13-27(36)15-28)30(45)17-40-16-22-7-6-8-25(10-22)34(37,38)39/h6-8,10-15,20-21,24,29-30,40,45H,9,16-19H2,1-5H3,(H,41,46). The summed E-state index contributed by atoms with van der Waals surface area (Å²) in [6, 6.07) is 8.69. The number of anilines is 2. The van der Waals surface area contributed by atoms with Gasteiger partial charge in [0.25, 0.3) is 5.91 Å². The van der Waals surface area contributed by atoms with Crippen LogP contribution >= 0.6 is 0 Å². The molecule has 10 nitrogen and oxygen atoms in total. The number of benzene rings is 2. The number of hydrogen-bond donors (Lipinski definition) is 3. The fraction of sp³-hybridized carbons (Fsp3) is 0.471. The number of aliphatic hydroxyl groups excluding tert-OH is 1. The molecule has 0 saturated heterocycles. The van der Waals surface area contributed by atoms with E-state index in [0.29, 0.717) is 35.8 Å². The number of carbonyl (C=O) groups is 1. The van der Waals surface area contributed by atoms with Crippen LogP contribution in [0.15, 0.2) is 54.6 Å². The summed E-state index contributed by atoms with van der Waals surface area (Å²) >= 11 is 0. The number of hydrogen-bond acceptors (Lipinski definition) is 8. The maximum Gasteiger partial charge on any atom is 0.416 e. The minimum atomic E-state index is -4.54. The van der Waals surface area contributed by atoms with Gasteiger partial charge in [-0.05, 0) is 55.9 Å². The number of nitrogens with one attached hydrogen (secondary N) is 2. The molecular formula is C34H42F5N5O5S. The Balaban J connectivity index is 1.58. The zero-order chi connectivity index (χ0) is 37.0. The summed E-state index contributed by atoms with van der Waals surface area (Å²) in [7, 11) is -0.717. The number of aliphatic hydroxyl groups is 1. The lowest BCUT2D eigenvalue weighted by molar-refractivity contribution is -0.137. The summed E-state index contributed by atoms with van der Waals surface area (Å²) in [6.45, 7) is 5.01. The molecule has 3 aromatic rings. The molecule has 0 radical (unpaired) electrons. The third-order valence-corrected chi connectivity index (χ3v) is 10.7. The Kier molecular flexibility index (Phi) is 12.3. The van der Waals surface area contributed by atoms with Gasteiger partial charge in [-0.1, -0.05) is 25.1 Å². The highest BCUT2D eigenvalue weighted by molar-refractivity contribution is 7.93. The lowest BCUT2D eigenvalue weighted by Crippen LogP contribution is -2.50. The number of ether oxygens (including phenoxy) is 1. The van der Waals surface area contributed by atoms with E-state index in [1.165, 1.54) is 45.2 Å². The van der Waals surface area contributed by atoms with Crippen molar-refractivity contribution in [3.05, 3.63) is 82.9 Å². The Morgan fingerprint density at radius 3 is 2.30 bits per heavy atom. The second kappa shape index (κ2) is 15.9. The van der Waals surface area contributed by atoms with Crippen LogP contribution in [0.25, 0.3) is 0 Å². The van der Waals surface area contributed by atoms with E-state index in [0.717, 1.165) is 35.0 Å². The summed E-state index contributed by atoms with van der Waals surface area (Å²) in [5, 5.41) is 15.9. The van der Waals surface area contributed by atoms with Crippen LogP contribution in [-0.4, -0.2) is 75.6 Å². The molecular weight excluding hydrogens is 685 g/mol. The average Bonchev–Trinajstić information content (AvgIpc) is 3.74. The number of halogens is 5. The van der Waals surface area contributed by atoms with Crippen molar-refractivity contribution in [1.82, 2.24) is 15.6 Å². The molecule has 16 heteroatoms. The van der Waals surface area contributed by atoms with Crippen LogP contribution in [0.1, 0.15) is 48.7 Å². The number of nitrogens with zero attached hydrogens (tertiary/aromatic N) is 3. The molecule has 4 rings (SSSR count). The van der Waals surface area contributed by atoms with Crippen LogP contribution in [-0.2, 0) is 22.7 Å². The monoisotopic (exact) mass is 727 g/mol. The second-order valence-electron chi connectivity index (χ2n) is 12.9. The molecule has 2 aromatic carbocycles. The predicted molar refractivity (Wildman–Crippen MR) is 180 cm³/mol. The van der Waals surface area contributed by atoms with Crippen LogP contribution in [0.2, 0.25) is 0 Å². The maximum absolute atomic E-state index is 13.8. The van der Waals surface area contributed by atoms with Crippen molar-refractivity contribution >= 4 is 27.6 Å². The maximum atomic E-state index is 13.8. The highest BCUT2D eigenvalue weighted by Gasteiger charge is 2.34. The van der Waals surface area contributed by atoms with Gasteiger partial charge in [0.05, 0.1) is 23.0 Å². The first kappa shape index (κ1) is 38.8. The van der Waals surface area contributed by atoms with Gasteiger partial charge in [-0.2, -0.15) is 13.2 Å². The fourth-order valence-electron chi connectivity index (χ4n) is 5.20. The summed E-state index contributed by atoms with van der Waals surface area (Å²) in [5.41, 5.74) is -0.531. The van der Waals surface area contributed by atoms with E-state index < -0.39 is 63.3 Å². The van der Waals surface area contributed by atoms with Crippen molar-refractivity contribution in [2.75, 3.05) is 43.0 Å². The quantitative estimate of drug-likeness (QED) is 0.177. The first-order chi connectivity index (χ1) is 23.3. The molecule has 274 valence electrons. The predicted octanol–water partition coefficient (Wildman–Crippen LogP) is 4.97. The van der Waals surface area contributed by atoms with Crippen molar-refractivity contribution < 1.29 is 45.0 Å². The molecule has 1 saturated carbocycles. The van der Waals surface area contributed by atoms with Crippen molar-refractivity contribution in [3.63, 3.8) is 0 Å². The molecule has 1 heterocycles. The average molecular weight is 728 g/mol. The topological polar surface area (TPSA) is 124 Å². The molecule has 1 amide bonds. The molecule has 4 unspecified atom stereocenters. The summed E-state index contributed by atoms with van der Waals surface area (Å²) in [5.74, 6) is -1.52. The number of alkyl halides is 3. The Morgan fingerprint density at radius 1 is 1.06 bits per heavy atom. The van der Waals surface area contributed by atoms with Gasteiger partial charge in [0, 0.05) is 57.5 Å². The van der Waals surface area contributed by atoms with E-state index in [4.69, 9.17) is 4.74 Å². The van der Waals surface area contributed by atoms with Crippen LogP contribution in [0.5, 0.6) is 5.75 Å². The van der Waals surface area contributed by atoms with Crippen LogP contribution in [0, 0.1) is 23.5 Å². The highest BCUT2D eigenvalue weighted by atomic mass is 32.2. The van der Waals surface area contributed by atoms with Gasteiger partial charge in [0.15, 0.2) is 0 Å². The van der Waals surface area contributed by atoms with Crippen molar-refractivity contribution in [1.29, 1.82) is 0 Å². The Bertz CT molecular complexity index is 1740. The van der Waals surface area contributed by atoms with Gasteiger partial charge in [-0.3, -0.25) is 9.10 Å². The van der Waals surface area contributed by atoms with Gasteiger partial charge in [-0.25, -0.2) is 22.2 Å². The molecule has 1 aliphatic carbocycles. The van der Waals surface area contributed by atoms with Gasteiger partial charge in [0.2, 0.25) is 10.0 Å². The third kappa shape index (κ3) is 10.3. The Morgan fingerprint density at radius 2 is 1.70 bits per heavy atom. The molecule has 0 aliphatic heterocycles. The Labute approximate surface area is 288 Å². The van der Waals surface area contributed by atoms with Gasteiger partial charge in [0.1, 0.15) is 35.6 Å². The molecule has 0 bridgehead atoms. The molecule has 3 N–H and O–H groups in total. The SMILES string of the molecule is CC1CC1CN(C)c1cc(C(=O)NC(COc2cc(F)cc(F)c2)C(O)CNCc2cccc(C(F)(F)F)c2)cc(N(C)S(=O)(=O)C(C)C)n1. The third-order valence-electron chi connectivity index (χ3n) is 8.52. The number of amides is 1. The molecule has 1 aliphatic rings. The van der Waals surface area contributed by atoms with Crippen molar-refractivity contribution in [3.8, 4) is 5.75 Å². The van der Waals surface area contributed by atoms with Gasteiger partial charge >= 0.3 is 6.18 Å². The number of carbonyl (C=O) groups excluding carboxylic acids is 1. The summed E-state index contributed by atoms with van der Waals surface area (Å²) < 4.78 is 99.8. The van der Waals surface area contributed by atoms with Crippen molar-refractivity contribution in [2.24, 2.45) is 11.8 Å². The molecule has 50 heavy (non-hydrogen) atoms. The van der Waals surface area contributed by atoms with Crippen LogP contribution < -0.4 is 24.6 Å². The van der Waals surface area contributed by atoms with E-state index >= 15 is 0 Å². The largest absolute Gasteiger partial charge is 0.491 e. The number of pyridine rings is 1. The van der Waals surface area contributed by atoms with E-state index in [-0.39, 0.29) is 30.2 Å². The van der Waals surface area contributed by atoms with E-state index in [2.05, 4.69) is 22.5 Å². The first-order valence-electron chi connectivity index (χ1n) is 16.0. The van der Waals surface area contributed by atoms with E-state index in [9.17, 15) is 40.3 Å². The minimum absolute atomic E-state index is 0.0108. The number of aromatic nitrogens is 1. The van der Waals surface area contributed by atoms with E-state index in [1.807, 2.05) is 4.90 Å². The lowest BCUT2D eigenvalue weighted by Gasteiger charge is -2.27. The molecule has 1 fully saturated rings. The molecule has 4 atom stereocenters. The normalized spacial score (nSPS) is 17.3. The fourth-order valence-corrected chi connectivity index (χ4v) is 6.18. The summed E-state index contributed by atoms with van der Waals surface area (Å²) in [4.78, 5) is 20.2. The lowest BCUT2D eigenvalue weighted by atomic mass is 10.1. The first-order valence-corrected chi connectivity index (χ1v) is 17.5. The van der Waals surface area contributed by atoms with Crippen LogP contribution in [0.3, 0.4) is 0 Å². The number of sulfonamides is 1. The highest BCUT2D eigenvalue weighted by Crippen LogP contribution is 2.39. The molecule has 1 aromatic heterocycles. The van der Waals surface area contributed by atoms with Gasteiger partial charge in [-0.15, -0.1) is 0 Å². The zero-order valence-corrected chi connectivity index (χ0v) is 29.2. The zero-order valence-electron chi connectivity index (χ0n) is 28.3. The van der Waals surface area contributed by atoms with Gasteiger partial charge < -0.3 is 25.4 Å². The minimum Gasteiger partial charge on any atom is -0.491 e. The molecule has 0 spiro atoms. The van der Waals surface area contributed by atoms with E-state index in [1.54, 1.807) is 7.05 Å².